The minimum absolute atomic E-state index is 0.122. The van der Waals surface area contributed by atoms with Crippen molar-refractivity contribution in [2.75, 3.05) is 4.61 Å². The highest BCUT2D eigenvalue weighted by atomic mass is 127. The molecule has 0 heterocycles. The molecule has 0 rings (SSSR count). The molecule has 0 fully saturated rings. The maximum Gasteiger partial charge on any atom is 0.640 e. The number of alkyl halides is 1. The van der Waals surface area contributed by atoms with Crippen LogP contribution in [0.25, 0.3) is 0 Å². The van der Waals surface area contributed by atoms with Gasteiger partial charge in [0.05, 0.1) is 4.61 Å². The van der Waals surface area contributed by atoms with E-state index in [0.29, 0.717) is 4.61 Å². The van der Waals surface area contributed by atoms with Gasteiger partial charge in [-0.05, 0) is 27.7 Å². The normalized spacial score (nSPS) is 11.2. The fourth-order valence-electron chi connectivity index (χ4n) is 0.607. The van der Waals surface area contributed by atoms with Crippen molar-refractivity contribution in [2.45, 2.75) is 39.9 Å². The van der Waals surface area contributed by atoms with Gasteiger partial charge in [0.25, 0.3) is 0 Å². The number of hydrogen-bond acceptors (Lipinski definition) is 3. The molecule has 0 atom stereocenters. The van der Waals surface area contributed by atoms with E-state index in [4.69, 9.17) is 14.0 Å². The Morgan fingerprint density at radius 3 is 1.75 bits per heavy atom. The highest BCUT2D eigenvalue weighted by Crippen LogP contribution is 2.02. The minimum Gasteiger partial charge on any atom is -0.384 e. The van der Waals surface area contributed by atoms with Gasteiger partial charge in [-0.15, -0.1) is 0 Å². The molecule has 0 spiro atoms. The number of hydrogen-bond donors (Lipinski definition) is 0. The van der Waals surface area contributed by atoms with Gasteiger partial charge in [-0.25, -0.2) is 0 Å². The maximum atomic E-state index is 5.35. The van der Waals surface area contributed by atoms with Gasteiger partial charge < -0.3 is 14.0 Å². The molecule has 0 saturated heterocycles. The second-order valence-corrected chi connectivity index (χ2v) is 3.56. The Labute approximate surface area is 88.5 Å². The Morgan fingerprint density at radius 1 is 1.08 bits per heavy atom. The SMILES string of the molecule is CC(C)OB(OCI)OC(C)C. The van der Waals surface area contributed by atoms with Crippen LogP contribution in [0.4, 0.5) is 0 Å². The molecular formula is C7H16BIO3. The van der Waals surface area contributed by atoms with Crippen LogP contribution in [-0.2, 0) is 14.0 Å². The third-order valence-electron chi connectivity index (χ3n) is 0.966. The van der Waals surface area contributed by atoms with Gasteiger partial charge in [-0.2, -0.15) is 0 Å². The van der Waals surface area contributed by atoms with E-state index in [1.54, 1.807) is 0 Å². The fraction of sp³-hybridized carbons (Fsp3) is 1.00. The van der Waals surface area contributed by atoms with E-state index in [1.807, 2.05) is 27.7 Å². The average molecular weight is 286 g/mol. The summed E-state index contributed by atoms with van der Waals surface area (Å²) in [5, 5.41) is 0. The van der Waals surface area contributed by atoms with E-state index < -0.39 is 7.32 Å². The molecule has 0 aromatic rings. The zero-order valence-electron chi connectivity index (χ0n) is 8.04. The van der Waals surface area contributed by atoms with Crippen LogP contribution in [0.2, 0.25) is 0 Å². The Morgan fingerprint density at radius 2 is 1.50 bits per heavy atom. The van der Waals surface area contributed by atoms with Crippen LogP contribution in [0, 0.1) is 0 Å². The molecule has 0 bridgehead atoms. The van der Waals surface area contributed by atoms with Crippen LogP contribution in [0.1, 0.15) is 27.7 Å². The first-order valence-electron chi connectivity index (χ1n) is 4.04. The van der Waals surface area contributed by atoms with Gasteiger partial charge in [0.15, 0.2) is 0 Å². The summed E-state index contributed by atoms with van der Waals surface area (Å²) >= 11 is 2.11. The van der Waals surface area contributed by atoms with Crippen molar-refractivity contribution < 1.29 is 14.0 Å². The number of rotatable bonds is 6. The summed E-state index contributed by atoms with van der Waals surface area (Å²) in [5.74, 6) is 0. The van der Waals surface area contributed by atoms with Crippen molar-refractivity contribution in [3.8, 4) is 0 Å². The monoisotopic (exact) mass is 286 g/mol. The van der Waals surface area contributed by atoms with E-state index in [0.717, 1.165) is 0 Å². The molecule has 0 aliphatic heterocycles. The Balaban J connectivity index is 3.69. The Kier molecular flexibility index (Phi) is 7.51. The van der Waals surface area contributed by atoms with E-state index in [9.17, 15) is 0 Å². The molecule has 0 aromatic heterocycles. The molecule has 0 N–H and O–H groups in total. The lowest BCUT2D eigenvalue weighted by atomic mass is 10.2. The number of halogens is 1. The quantitative estimate of drug-likeness (QED) is 0.426. The van der Waals surface area contributed by atoms with Gasteiger partial charge in [0, 0.05) is 12.2 Å². The van der Waals surface area contributed by atoms with Crippen molar-refractivity contribution in [1.82, 2.24) is 0 Å². The standard InChI is InChI=1S/C7H16BIO3/c1-6(2)11-8(10-5-9)12-7(3)4/h6-7H,5H2,1-4H3. The molecule has 0 radical (unpaired) electrons. The van der Waals surface area contributed by atoms with Crippen LogP contribution in [0.3, 0.4) is 0 Å². The molecule has 12 heavy (non-hydrogen) atoms. The summed E-state index contributed by atoms with van der Waals surface area (Å²) in [5.41, 5.74) is 0. The van der Waals surface area contributed by atoms with Crippen LogP contribution in [0.15, 0.2) is 0 Å². The van der Waals surface area contributed by atoms with E-state index in [-0.39, 0.29) is 12.2 Å². The molecule has 0 aromatic carbocycles. The summed E-state index contributed by atoms with van der Waals surface area (Å²) in [6.07, 6.45) is 0.244. The van der Waals surface area contributed by atoms with Crippen molar-refractivity contribution in [3.63, 3.8) is 0 Å². The average Bonchev–Trinajstić information content (AvgIpc) is 1.84. The Hall–Kier alpha value is 0.675. The van der Waals surface area contributed by atoms with Crippen molar-refractivity contribution in [2.24, 2.45) is 0 Å². The molecule has 72 valence electrons. The van der Waals surface area contributed by atoms with Gasteiger partial charge in [-0.3, -0.25) is 0 Å². The minimum atomic E-state index is -0.526. The second-order valence-electron chi connectivity index (χ2n) is 2.93. The summed E-state index contributed by atoms with van der Waals surface area (Å²) in [6.45, 7) is 7.81. The summed E-state index contributed by atoms with van der Waals surface area (Å²) in [6, 6.07) is 0. The summed E-state index contributed by atoms with van der Waals surface area (Å²) in [7, 11) is -0.526. The first-order valence-corrected chi connectivity index (χ1v) is 5.57. The molecule has 0 amide bonds. The molecule has 0 aliphatic carbocycles. The molecule has 5 heteroatoms. The van der Waals surface area contributed by atoms with Crippen molar-refractivity contribution in [3.05, 3.63) is 0 Å². The van der Waals surface area contributed by atoms with Crippen LogP contribution in [0.5, 0.6) is 0 Å². The lowest BCUT2D eigenvalue weighted by molar-refractivity contribution is 0.0627. The lowest BCUT2D eigenvalue weighted by Crippen LogP contribution is -2.32. The topological polar surface area (TPSA) is 27.7 Å². The smallest absolute Gasteiger partial charge is 0.384 e. The Bertz CT molecular complexity index is 101. The molecule has 0 aliphatic rings. The summed E-state index contributed by atoms with van der Waals surface area (Å²) in [4.78, 5) is 0. The van der Waals surface area contributed by atoms with Crippen LogP contribution < -0.4 is 0 Å². The predicted octanol–water partition coefficient (Wildman–Crippen LogP) is 2.23. The van der Waals surface area contributed by atoms with Gasteiger partial charge in [-0.1, -0.05) is 22.6 Å². The van der Waals surface area contributed by atoms with Gasteiger partial charge in [0.1, 0.15) is 0 Å². The van der Waals surface area contributed by atoms with Crippen LogP contribution >= 0.6 is 22.6 Å². The predicted molar refractivity (Wildman–Crippen MR) is 58.2 cm³/mol. The molecule has 0 saturated carbocycles. The largest absolute Gasteiger partial charge is 0.640 e. The molecule has 0 unspecified atom stereocenters. The first kappa shape index (κ1) is 12.7. The third-order valence-corrected chi connectivity index (χ3v) is 1.33. The zero-order chi connectivity index (χ0) is 9.56. The van der Waals surface area contributed by atoms with Crippen molar-refractivity contribution in [1.29, 1.82) is 0 Å². The van der Waals surface area contributed by atoms with Gasteiger partial charge >= 0.3 is 7.32 Å². The van der Waals surface area contributed by atoms with Gasteiger partial charge in [0.2, 0.25) is 0 Å². The van der Waals surface area contributed by atoms with E-state index >= 15 is 0 Å². The highest BCUT2D eigenvalue weighted by molar-refractivity contribution is 14.1. The molecular weight excluding hydrogens is 270 g/mol. The maximum absolute atomic E-state index is 5.35. The third kappa shape index (κ3) is 7.33. The van der Waals surface area contributed by atoms with E-state index in [1.165, 1.54) is 0 Å². The fourth-order valence-corrected chi connectivity index (χ4v) is 0.900. The molecule has 3 nitrogen and oxygen atoms in total. The highest BCUT2D eigenvalue weighted by Gasteiger charge is 2.23. The second kappa shape index (κ2) is 7.11. The van der Waals surface area contributed by atoms with Crippen LogP contribution in [-0.4, -0.2) is 24.1 Å². The van der Waals surface area contributed by atoms with E-state index in [2.05, 4.69) is 22.6 Å². The summed E-state index contributed by atoms with van der Waals surface area (Å²) < 4.78 is 16.5. The zero-order valence-corrected chi connectivity index (χ0v) is 10.2. The lowest BCUT2D eigenvalue weighted by Gasteiger charge is -2.17. The van der Waals surface area contributed by atoms with Crippen molar-refractivity contribution >= 4 is 29.9 Å². The first-order chi connectivity index (χ1) is 5.56.